The predicted molar refractivity (Wildman–Crippen MR) is 149 cm³/mol. The summed E-state index contributed by atoms with van der Waals surface area (Å²) in [5.74, 6) is -0.0972. The molecule has 2 amide bonds. The van der Waals surface area contributed by atoms with E-state index in [1.54, 1.807) is 4.90 Å². The highest BCUT2D eigenvalue weighted by Crippen LogP contribution is 2.21. The highest BCUT2D eigenvalue weighted by Gasteiger charge is 2.32. The first-order valence-electron chi connectivity index (χ1n) is 12.8. The maximum absolute atomic E-state index is 13.9. The lowest BCUT2D eigenvalue weighted by Gasteiger charge is -2.32. The van der Waals surface area contributed by atoms with Gasteiger partial charge in [0.05, 0.1) is 6.42 Å². The molecule has 36 heavy (non-hydrogen) atoms. The van der Waals surface area contributed by atoms with Crippen LogP contribution in [0, 0.1) is 13.8 Å². The quantitative estimate of drug-likeness (QED) is 0.342. The number of nitrogens with zero attached hydrogens (tertiary/aromatic N) is 1. The van der Waals surface area contributed by atoms with Crippen molar-refractivity contribution in [3.8, 4) is 0 Å². The molecule has 1 atom stereocenters. The molecule has 1 aliphatic carbocycles. The summed E-state index contributed by atoms with van der Waals surface area (Å²) < 4.78 is 0.985. The Kier molecular flexibility index (Phi) is 8.98. The third-order valence-electron chi connectivity index (χ3n) is 7.17. The first-order chi connectivity index (χ1) is 17.4. The van der Waals surface area contributed by atoms with Gasteiger partial charge in [0.15, 0.2) is 0 Å². The van der Waals surface area contributed by atoms with Crippen molar-refractivity contribution in [2.45, 2.75) is 71.0 Å². The smallest absolute Gasteiger partial charge is 0.243 e. The highest BCUT2D eigenvalue weighted by molar-refractivity contribution is 9.10. The van der Waals surface area contributed by atoms with Gasteiger partial charge in [-0.2, -0.15) is 0 Å². The van der Waals surface area contributed by atoms with Gasteiger partial charge in [0, 0.05) is 23.5 Å². The first-order valence-corrected chi connectivity index (χ1v) is 13.6. The molecule has 1 N–H and O–H groups in total. The van der Waals surface area contributed by atoms with Crippen molar-refractivity contribution in [3.63, 3.8) is 0 Å². The average molecular weight is 548 g/mol. The van der Waals surface area contributed by atoms with Crippen molar-refractivity contribution in [1.82, 2.24) is 10.2 Å². The van der Waals surface area contributed by atoms with Crippen LogP contribution in [0.25, 0.3) is 0 Å². The van der Waals surface area contributed by atoms with Crippen LogP contribution in [0.3, 0.4) is 0 Å². The molecule has 0 saturated heterocycles. The summed E-state index contributed by atoms with van der Waals surface area (Å²) in [5, 5.41) is 3.27. The minimum absolute atomic E-state index is 0.0383. The molecule has 3 aromatic rings. The zero-order chi connectivity index (χ0) is 25.5. The van der Waals surface area contributed by atoms with Gasteiger partial charge < -0.3 is 10.2 Å². The standard InChI is InChI=1S/C31H35BrN2O2/c1-22-12-13-26(18-23(22)2)20-30(35)34(21-25-14-16-27(32)17-15-25)29(19-24-8-4-3-5-9-24)31(36)33-28-10-6-7-11-28/h3-5,8-9,12-18,28-29H,6-7,10-11,19-21H2,1-2H3,(H,33,36)/t29-/m1/s1. The van der Waals surface area contributed by atoms with Crippen molar-refractivity contribution in [3.05, 3.63) is 105 Å². The molecule has 0 spiro atoms. The van der Waals surface area contributed by atoms with Crippen LogP contribution < -0.4 is 5.32 Å². The van der Waals surface area contributed by atoms with Gasteiger partial charge in [0.25, 0.3) is 0 Å². The Morgan fingerprint density at radius 1 is 0.889 bits per heavy atom. The van der Waals surface area contributed by atoms with E-state index in [0.29, 0.717) is 13.0 Å². The number of hydrogen-bond acceptors (Lipinski definition) is 2. The number of hydrogen-bond donors (Lipinski definition) is 1. The summed E-state index contributed by atoms with van der Waals surface area (Å²) >= 11 is 3.50. The first kappa shape index (κ1) is 26.2. The van der Waals surface area contributed by atoms with Crippen molar-refractivity contribution >= 4 is 27.7 Å². The number of benzene rings is 3. The molecular weight excluding hydrogens is 512 g/mol. The van der Waals surface area contributed by atoms with E-state index >= 15 is 0 Å². The van der Waals surface area contributed by atoms with Gasteiger partial charge in [-0.3, -0.25) is 9.59 Å². The second kappa shape index (κ2) is 12.4. The van der Waals surface area contributed by atoms with Gasteiger partial charge in [-0.25, -0.2) is 0 Å². The maximum atomic E-state index is 13.9. The maximum Gasteiger partial charge on any atom is 0.243 e. The molecule has 1 fully saturated rings. The van der Waals surface area contributed by atoms with E-state index in [-0.39, 0.29) is 24.3 Å². The topological polar surface area (TPSA) is 49.4 Å². The Labute approximate surface area is 223 Å². The molecule has 0 bridgehead atoms. The van der Waals surface area contributed by atoms with E-state index in [0.717, 1.165) is 46.8 Å². The second-order valence-corrected chi connectivity index (χ2v) is 10.9. The molecule has 1 aliphatic rings. The molecular formula is C31H35BrN2O2. The number of nitrogens with one attached hydrogen (secondary N) is 1. The third-order valence-corrected chi connectivity index (χ3v) is 7.69. The van der Waals surface area contributed by atoms with Crippen LogP contribution in [0.2, 0.25) is 0 Å². The van der Waals surface area contributed by atoms with Crippen molar-refractivity contribution in [2.24, 2.45) is 0 Å². The zero-order valence-corrected chi connectivity index (χ0v) is 22.8. The molecule has 4 nitrogen and oxygen atoms in total. The van der Waals surface area contributed by atoms with Gasteiger partial charge in [0.2, 0.25) is 11.8 Å². The fourth-order valence-corrected chi connectivity index (χ4v) is 5.16. The fraction of sp³-hybridized carbons (Fsp3) is 0.355. The summed E-state index contributed by atoms with van der Waals surface area (Å²) in [4.78, 5) is 29.4. The largest absolute Gasteiger partial charge is 0.352 e. The summed E-state index contributed by atoms with van der Waals surface area (Å²) in [6.45, 7) is 4.52. The van der Waals surface area contributed by atoms with Crippen LogP contribution >= 0.6 is 15.9 Å². The van der Waals surface area contributed by atoms with Crippen molar-refractivity contribution < 1.29 is 9.59 Å². The lowest BCUT2D eigenvalue weighted by molar-refractivity contribution is -0.141. The van der Waals surface area contributed by atoms with Gasteiger partial charge in [0.1, 0.15) is 6.04 Å². The molecule has 188 valence electrons. The number of carbonyl (C=O) groups excluding carboxylic acids is 2. The van der Waals surface area contributed by atoms with E-state index in [1.165, 1.54) is 11.1 Å². The van der Waals surface area contributed by atoms with Crippen molar-refractivity contribution in [2.75, 3.05) is 0 Å². The Hall–Kier alpha value is -2.92. The van der Waals surface area contributed by atoms with Crippen LogP contribution in [0.5, 0.6) is 0 Å². The molecule has 4 rings (SSSR count). The number of amides is 2. The molecule has 3 aromatic carbocycles. The van der Waals surface area contributed by atoms with E-state index < -0.39 is 6.04 Å². The SMILES string of the molecule is Cc1ccc(CC(=O)N(Cc2ccc(Br)cc2)[C@H](Cc2ccccc2)C(=O)NC2CCCC2)cc1C. The van der Waals surface area contributed by atoms with E-state index in [9.17, 15) is 9.59 Å². The lowest BCUT2D eigenvalue weighted by atomic mass is 10.00. The summed E-state index contributed by atoms with van der Waals surface area (Å²) in [6.07, 6.45) is 5.04. The molecule has 0 heterocycles. The summed E-state index contributed by atoms with van der Waals surface area (Å²) in [5.41, 5.74) is 5.39. The van der Waals surface area contributed by atoms with E-state index in [4.69, 9.17) is 0 Å². The lowest BCUT2D eigenvalue weighted by Crippen LogP contribution is -2.52. The van der Waals surface area contributed by atoms with Crippen LogP contribution in [0.15, 0.2) is 77.3 Å². The number of aryl methyl sites for hydroxylation is 2. The van der Waals surface area contributed by atoms with Crippen molar-refractivity contribution in [1.29, 1.82) is 0 Å². The highest BCUT2D eigenvalue weighted by atomic mass is 79.9. The Balaban J connectivity index is 1.66. The normalized spacial score (nSPS) is 14.4. The summed E-state index contributed by atoms with van der Waals surface area (Å²) in [7, 11) is 0. The zero-order valence-electron chi connectivity index (χ0n) is 21.2. The summed E-state index contributed by atoms with van der Waals surface area (Å²) in [6, 6.07) is 23.7. The number of rotatable bonds is 9. The Morgan fingerprint density at radius 3 is 2.22 bits per heavy atom. The van der Waals surface area contributed by atoms with Gasteiger partial charge in [-0.05, 0) is 66.6 Å². The van der Waals surface area contributed by atoms with Crippen LogP contribution in [0.4, 0.5) is 0 Å². The average Bonchev–Trinajstić information content (AvgIpc) is 3.38. The van der Waals surface area contributed by atoms with Crippen LogP contribution in [0.1, 0.15) is 53.5 Å². The van der Waals surface area contributed by atoms with E-state index in [1.807, 2.05) is 60.7 Å². The monoisotopic (exact) mass is 546 g/mol. The van der Waals surface area contributed by atoms with Gasteiger partial charge in [-0.1, -0.05) is 89.4 Å². The minimum Gasteiger partial charge on any atom is -0.352 e. The molecule has 5 heteroatoms. The molecule has 0 radical (unpaired) electrons. The fourth-order valence-electron chi connectivity index (χ4n) is 4.90. The second-order valence-electron chi connectivity index (χ2n) is 9.94. The van der Waals surface area contributed by atoms with Crippen LogP contribution in [-0.2, 0) is 29.0 Å². The molecule has 0 aliphatic heterocycles. The number of halogens is 1. The minimum atomic E-state index is -0.587. The Bertz CT molecular complexity index is 1170. The van der Waals surface area contributed by atoms with Gasteiger partial charge in [-0.15, -0.1) is 0 Å². The predicted octanol–water partition coefficient (Wildman–Crippen LogP) is 6.31. The third kappa shape index (κ3) is 7.07. The number of carbonyl (C=O) groups is 2. The molecule has 1 saturated carbocycles. The molecule has 0 aromatic heterocycles. The van der Waals surface area contributed by atoms with E-state index in [2.05, 4.69) is 47.2 Å². The van der Waals surface area contributed by atoms with Gasteiger partial charge >= 0.3 is 0 Å². The molecule has 0 unspecified atom stereocenters. The van der Waals surface area contributed by atoms with Crippen LogP contribution in [-0.4, -0.2) is 28.8 Å². The Morgan fingerprint density at radius 2 is 1.56 bits per heavy atom.